The van der Waals surface area contributed by atoms with Crippen LogP contribution in [0.3, 0.4) is 0 Å². The fourth-order valence-electron chi connectivity index (χ4n) is 3.42. The van der Waals surface area contributed by atoms with Crippen molar-refractivity contribution in [3.63, 3.8) is 0 Å². The van der Waals surface area contributed by atoms with E-state index < -0.39 is 0 Å². The summed E-state index contributed by atoms with van der Waals surface area (Å²) >= 11 is 0. The molecule has 0 amide bonds. The van der Waals surface area contributed by atoms with E-state index in [9.17, 15) is 0 Å². The summed E-state index contributed by atoms with van der Waals surface area (Å²) in [5, 5.41) is 3.75. The van der Waals surface area contributed by atoms with Crippen molar-refractivity contribution in [2.45, 2.75) is 58.0 Å². The smallest absolute Gasteiger partial charge is 0.0277 e. The van der Waals surface area contributed by atoms with Crippen LogP contribution in [-0.4, -0.2) is 60.6 Å². The minimum atomic E-state index is 0.324. The van der Waals surface area contributed by atoms with Crippen LogP contribution in [0, 0.1) is 0 Å². The maximum Gasteiger partial charge on any atom is 0.0277 e. The average molecular weight is 253 g/mol. The summed E-state index contributed by atoms with van der Waals surface area (Å²) in [5.41, 5.74) is 0.324. The molecule has 2 heterocycles. The molecule has 2 rings (SSSR count). The Balaban J connectivity index is 1.97. The number of piperidine rings is 1. The van der Waals surface area contributed by atoms with Crippen molar-refractivity contribution in [1.29, 1.82) is 0 Å². The van der Waals surface area contributed by atoms with Gasteiger partial charge >= 0.3 is 0 Å². The van der Waals surface area contributed by atoms with Crippen molar-refractivity contribution in [3.05, 3.63) is 0 Å². The van der Waals surface area contributed by atoms with Crippen molar-refractivity contribution >= 4 is 0 Å². The highest BCUT2D eigenvalue weighted by molar-refractivity contribution is 4.92. The Morgan fingerprint density at radius 3 is 2.78 bits per heavy atom. The fourth-order valence-corrected chi connectivity index (χ4v) is 3.42. The third kappa shape index (κ3) is 3.46. The fraction of sp³-hybridized carbons (Fsp3) is 1.00. The molecular weight excluding hydrogens is 222 g/mol. The van der Waals surface area contributed by atoms with Crippen molar-refractivity contribution in [1.82, 2.24) is 15.1 Å². The van der Waals surface area contributed by atoms with Crippen LogP contribution in [0.4, 0.5) is 0 Å². The highest BCUT2D eigenvalue weighted by Gasteiger charge is 2.32. The lowest BCUT2D eigenvalue weighted by atomic mass is 9.96. The predicted molar refractivity (Wildman–Crippen MR) is 78.0 cm³/mol. The number of likely N-dealkylation sites (tertiary alicyclic amines) is 1. The van der Waals surface area contributed by atoms with Crippen LogP contribution in [0.1, 0.15) is 46.5 Å². The van der Waals surface area contributed by atoms with E-state index in [-0.39, 0.29) is 0 Å². The van der Waals surface area contributed by atoms with E-state index in [1.165, 1.54) is 65.0 Å². The molecule has 2 aliphatic rings. The summed E-state index contributed by atoms with van der Waals surface area (Å²) in [6.45, 7) is 14.5. The molecule has 3 nitrogen and oxygen atoms in total. The highest BCUT2D eigenvalue weighted by atomic mass is 15.3. The first-order valence-corrected chi connectivity index (χ1v) is 7.88. The van der Waals surface area contributed by atoms with Gasteiger partial charge in [0.25, 0.3) is 0 Å². The van der Waals surface area contributed by atoms with Crippen LogP contribution < -0.4 is 5.32 Å². The lowest BCUT2D eigenvalue weighted by molar-refractivity contribution is 0.0860. The second-order valence-corrected chi connectivity index (χ2v) is 6.35. The summed E-state index contributed by atoms with van der Waals surface area (Å²) in [6, 6.07) is 0.796. The summed E-state index contributed by atoms with van der Waals surface area (Å²) in [5.74, 6) is 0. The Bertz CT molecular complexity index is 256. The summed E-state index contributed by atoms with van der Waals surface area (Å²) in [6.07, 6.45) is 5.31. The molecule has 0 bridgehead atoms. The van der Waals surface area contributed by atoms with Crippen LogP contribution in [0.2, 0.25) is 0 Å². The molecule has 0 saturated carbocycles. The molecule has 106 valence electrons. The van der Waals surface area contributed by atoms with Gasteiger partial charge in [-0.1, -0.05) is 13.8 Å². The minimum absolute atomic E-state index is 0.324. The van der Waals surface area contributed by atoms with Gasteiger partial charge in [-0.3, -0.25) is 4.90 Å². The van der Waals surface area contributed by atoms with Crippen LogP contribution in [-0.2, 0) is 0 Å². The van der Waals surface area contributed by atoms with Gasteiger partial charge in [0.1, 0.15) is 0 Å². The van der Waals surface area contributed by atoms with Crippen LogP contribution >= 0.6 is 0 Å². The van der Waals surface area contributed by atoms with E-state index >= 15 is 0 Å². The van der Waals surface area contributed by atoms with Gasteiger partial charge < -0.3 is 10.2 Å². The van der Waals surface area contributed by atoms with E-state index in [0.29, 0.717) is 5.54 Å². The van der Waals surface area contributed by atoms with E-state index in [4.69, 9.17) is 0 Å². The third-order valence-electron chi connectivity index (χ3n) is 4.95. The number of nitrogens with zero attached hydrogens (tertiary/aromatic N) is 2. The Morgan fingerprint density at radius 1 is 1.22 bits per heavy atom. The molecule has 0 spiro atoms. The maximum absolute atomic E-state index is 3.75. The van der Waals surface area contributed by atoms with Gasteiger partial charge in [-0.2, -0.15) is 0 Å². The molecule has 0 radical (unpaired) electrons. The van der Waals surface area contributed by atoms with Gasteiger partial charge in [-0.05, 0) is 58.8 Å². The average Bonchev–Trinajstić information content (AvgIpc) is 2.62. The quantitative estimate of drug-likeness (QED) is 0.829. The zero-order valence-electron chi connectivity index (χ0n) is 12.5. The molecule has 2 saturated heterocycles. The molecule has 0 aromatic heterocycles. The zero-order valence-corrected chi connectivity index (χ0v) is 12.5. The predicted octanol–water partition coefficient (Wildman–Crippen LogP) is 1.93. The summed E-state index contributed by atoms with van der Waals surface area (Å²) in [7, 11) is 0. The molecule has 1 N–H and O–H groups in total. The van der Waals surface area contributed by atoms with E-state index in [0.717, 1.165) is 6.04 Å². The topological polar surface area (TPSA) is 18.5 Å². The Morgan fingerprint density at radius 2 is 2.06 bits per heavy atom. The van der Waals surface area contributed by atoms with E-state index in [2.05, 4.69) is 35.9 Å². The van der Waals surface area contributed by atoms with Crippen molar-refractivity contribution < 1.29 is 0 Å². The molecule has 18 heavy (non-hydrogen) atoms. The van der Waals surface area contributed by atoms with E-state index in [1.807, 2.05) is 0 Å². The van der Waals surface area contributed by atoms with E-state index in [1.54, 1.807) is 0 Å². The number of rotatable bonds is 3. The molecule has 2 unspecified atom stereocenters. The van der Waals surface area contributed by atoms with Crippen molar-refractivity contribution in [2.75, 3.05) is 39.3 Å². The Kier molecular flexibility index (Phi) is 5.05. The first-order valence-electron chi connectivity index (χ1n) is 7.88. The zero-order chi connectivity index (χ0) is 13.0. The molecule has 2 aliphatic heterocycles. The third-order valence-corrected chi connectivity index (χ3v) is 4.95. The molecular formula is C15H31N3. The van der Waals surface area contributed by atoms with Crippen LogP contribution in [0.5, 0.6) is 0 Å². The largest absolute Gasteiger partial charge is 0.310 e. The maximum atomic E-state index is 3.75. The normalized spacial score (nSPS) is 36.5. The standard InChI is InChI=1S/C15H31N3/c1-4-15(3)13-18(11-7-9-16-15)14-8-6-10-17(5-2)12-14/h14,16H,4-13H2,1-3H3. The van der Waals surface area contributed by atoms with Crippen molar-refractivity contribution in [3.8, 4) is 0 Å². The lowest BCUT2D eigenvalue weighted by Crippen LogP contribution is -2.54. The van der Waals surface area contributed by atoms with Crippen molar-refractivity contribution in [2.24, 2.45) is 0 Å². The van der Waals surface area contributed by atoms with Gasteiger partial charge in [0.05, 0.1) is 0 Å². The first-order chi connectivity index (χ1) is 8.67. The number of nitrogens with one attached hydrogen (secondary N) is 1. The van der Waals surface area contributed by atoms with Gasteiger partial charge in [0, 0.05) is 24.7 Å². The van der Waals surface area contributed by atoms with Crippen LogP contribution in [0.25, 0.3) is 0 Å². The molecule has 0 aromatic rings. The minimum Gasteiger partial charge on any atom is -0.310 e. The second-order valence-electron chi connectivity index (χ2n) is 6.35. The highest BCUT2D eigenvalue weighted by Crippen LogP contribution is 2.22. The van der Waals surface area contributed by atoms with Crippen LogP contribution in [0.15, 0.2) is 0 Å². The molecule has 2 atom stereocenters. The second kappa shape index (κ2) is 6.36. The Labute approximate surface area is 113 Å². The molecule has 0 aromatic carbocycles. The van der Waals surface area contributed by atoms with Gasteiger partial charge in [0.2, 0.25) is 0 Å². The number of hydrogen-bond donors (Lipinski definition) is 1. The SMILES string of the molecule is CCN1CCCC(N2CCCNC(C)(CC)C2)C1. The van der Waals surface area contributed by atoms with Gasteiger partial charge in [-0.25, -0.2) is 0 Å². The van der Waals surface area contributed by atoms with Gasteiger partial charge in [0.15, 0.2) is 0 Å². The number of likely N-dealkylation sites (N-methyl/N-ethyl adjacent to an activating group) is 1. The monoisotopic (exact) mass is 253 g/mol. The summed E-state index contributed by atoms with van der Waals surface area (Å²) < 4.78 is 0. The molecule has 2 fully saturated rings. The molecule has 3 heteroatoms. The number of hydrogen-bond acceptors (Lipinski definition) is 3. The first kappa shape index (κ1) is 14.3. The molecule has 0 aliphatic carbocycles. The summed E-state index contributed by atoms with van der Waals surface area (Å²) in [4.78, 5) is 5.39. The van der Waals surface area contributed by atoms with Gasteiger partial charge in [-0.15, -0.1) is 0 Å². The lowest BCUT2D eigenvalue weighted by Gasteiger charge is -2.41. The Hall–Kier alpha value is -0.120.